The lowest BCUT2D eigenvalue weighted by Crippen LogP contribution is -2.57. The molecule has 50 heavy (non-hydrogen) atoms. The molecule has 0 spiro atoms. The number of hydrogen-bond donors (Lipinski definition) is 3. The molecule has 4 amide bonds. The Labute approximate surface area is 284 Å². The number of nitrogens with zero attached hydrogens (tertiary/aromatic N) is 6. The van der Waals surface area contributed by atoms with Gasteiger partial charge in [-0.2, -0.15) is 13.1 Å². The Balaban J connectivity index is 1.58. The number of likely N-dealkylation sites (N-methyl/N-ethyl adjacent to an activating group) is 2. The van der Waals surface area contributed by atoms with Crippen molar-refractivity contribution in [1.29, 1.82) is 0 Å². The number of halogens is 4. The van der Waals surface area contributed by atoms with E-state index in [4.69, 9.17) is 0 Å². The molecule has 0 unspecified atom stereocenters. The number of carbonyl (C=O) groups excluding carboxylic acids is 3. The molecule has 2 aromatic heterocycles. The van der Waals surface area contributed by atoms with E-state index >= 15 is 0 Å². The summed E-state index contributed by atoms with van der Waals surface area (Å²) in [4.78, 5) is 58.2. The third-order valence-electron chi connectivity index (χ3n) is 7.12. The molecule has 4 aromatic rings. The molecule has 19 heteroatoms. The number of aromatic nitrogens is 4. The molecule has 0 aliphatic heterocycles. The Hall–Kier alpha value is -5.56. The summed E-state index contributed by atoms with van der Waals surface area (Å²) in [5.74, 6) is -4.87. The highest BCUT2D eigenvalue weighted by atomic mass is 32.2. The number of aryl methyl sites for hydroxylation is 2. The molecule has 3 N–H and O–H groups in total. The average molecular weight is 718 g/mol. The summed E-state index contributed by atoms with van der Waals surface area (Å²) >= 11 is 0. The molecule has 2 heterocycles. The van der Waals surface area contributed by atoms with Crippen LogP contribution in [0.3, 0.4) is 0 Å². The maximum atomic E-state index is 14.0. The number of benzene rings is 2. The van der Waals surface area contributed by atoms with Crippen LogP contribution in [0.2, 0.25) is 0 Å². The van der Waals surface area contributed by atoms with Crippen molar-refractivity contribution in [3.8, 4) is 0 Å². The molecule has 0 bridgehead atoms. The van der Waals surface area contributed by atoms with Crippen molar-refractivity contribution < 1.29 is 40.4 Å². The van der Waals surface area contributed by atoms with Crippen LogP contribution in [-0.2, 0) is 32.6 Å². The molecule has 2 atom stereocenters. The topological polar surface area (TPSA) is 179 Å². The number of urea groups is 1. The van der Waals surface area contributed by atoms with E-state index < -0.39 is 76.2 Å². The molecule has 14 nitrogen and oxygen atoms in total. The Morgan fingerprint density at radius 1 is 0.660 bits per heavy atom. The monoisotopic (exact) mass is 717 g/mol. The second kappa shape index (κ2) is 15.8. The van der Waals surface area contributed by atoms with E-state index in [1.807, 2.05) is 4.72 Å². The number of anilines is 2. The summed E-state index contributed by atoms with van der Waals surface area (Å²) in [6.45, 7) is 3.21. The van der Waals surface area contributed by atoms with Crippen molar-refractivity contribution >= 4 is 39.4 Å². The quantitative estimate of drug-likeness (QED) is 0.186. The number of carbonyl (C=O) groups is 3. The van der Waals surface area contributed by atoms with Gasteiger partial charge >= 0.3 is 16.2 Å². The summed E-state index contributed by atoms with van der Waals surface area (Å²) in [5.41, 5.74) is 0.189. The van der Waals surface area contributed by atoms with Gasteiger partial charge in [-0.25, -0.2) is 47.0 Å². The second-order valence-corrected chi connectivity index (χ2v) is 12.5. The lowest BCUT2D eigenvalue weighted by molar-refractivity contribution is -0.120. The molecule has 0 aliphatic rings. The molecule has 4 rings (SSSR count). The molecule has 2 aromatic carbocycles. The van der Waals surface area contributed by atoms with E-state index in [0.717, 1.165) is 34.1 Å². The third kappa shape index (κ3) is 10.2. The number of hydrogen-bond acceptors (Lipinski definition) is 9. The lowest BCUT2D eigenvalue weighted by Gasteiger charge is -2.26. The van der Waals surface area contributed by atoms with E-state index in [9.17, 15) is 40.4 Å². The van der Waals surface area contributed by atoms with Crippen molar-refractivity contribution in [3.63, 3.8) is 0 Å². The minimum absolute atomic E-state index is 0.0493. The minimum atomic E-state index is -4.97. The summed E-state index contributed by atoms with van der Waals surface area (Å²) in [6, 6.07) is 0.0331. The first-order chi connectivity index (χ1) is 23.5. The van der Waals surface area contributed by atoms with Gasteiger partial charge in [0.05, 0.1) is 36.2 Å². The van der Waals surface area contributed by atoms with Gasteiger partial charge in [-0.15, -0.1) is 0 Å². The first-order valence-corrected chi connectivity index (χ1v) is 16.1. The minimum Gasteiger partial charge on any atom is -0.325 e. The Morgan fingerprint density at radius 3 is 1.42 bits per heavy atom. The third-order valence-corrected chi connectivity index (χ3v) is 8.17. The first kappa shape index (κ1) is 37.3. The molecule has 264 valence electrons. The van der Waals surface area contributed by atoms with Gasteiger partial charge in [-0.1, -0.05) is 0 Å². The maximum absolute atomic E-state index is 14.0. The predicted molar refractivity (Wildman–Crippen MR) is 172 cm³/mol. The van der Waals surface area contributed by atoms with E-state index in [1.165, 1.54) is 38.9 Å². The lowest BCUT2D eigenvalue weighted by atomic mass is 10.0. The molecule has 0 fully saturated rings. The van der Waals surface area contributed by atoms with Gasteiger partial charge in [0.25, 0.3) is 0 Å². The molecular weight excluding hydrogens is 686 g/mol. The summed E-state index contributed by atoms with van der Waals surface area (Å²) < 4.78 is 86.0. The fourth-order valence-electron chi connectivity index (χ4n) is 4.67. The van der Waals surface area contributed by atoms with Crippen LogP contribution in [0.5, 0.6) is 0 Å². The van der Waals surface area contributed by atoms with Crippen LogP contribution >= 0.6 is 0 Å². The SMILES string of the molecule is Cc1ncc(N(C)C(=O)[C@H](Cc2cc(F)cc(F)c2)NC(=O)NS(=O)(=O)N[C@@H](Cc2cc(F)cc(F)c2)C(=O)N(C)c2cnc(C)nc2)cn1. The van der Waals surface area contributed by atoms with Crippen LogP contribution in [0, 0.1) is 37.1 Å². The zero-order valence-electron chi connectivity index (χ0n) is 27.0. The van der Waals surface area contributed by atoms with Crippen LogP contribution in [0.25, 0.3) is 0 Å². The van der Waals surface area contributed by atoms with E-state index in [1.54, 1.807) is 18.6 Å². The fourth-order valence-corrected chi connectivity index (χ4v) is 5.60. The summed E-state index contributed by atoms with van der Waals surface area (Å²) in [7, 11) is -2.37. The molecular formula is C31H31F4N9O5S. The van der Waals surface area contributed by atoms with Gasteiger partial charge < -0.3 is 15.1 Å². The number of amides is 4. The normalized spacial score (nSPS) is 12.5. The van der Waals surface area contributed by atoms with Gasteiger partial charge in [-0.05, 0) is 55.7 Å². The smallest absolute Gasteiger partial charge is 0.325 e. The van der Waals surface area contributed by atoms with Crippen LogP contribution in [-0.4, -0.2) is 72.4 Å². The average Bonchev–Trinajstić information content (AvgIpc) is 3.02. The highest BCUT2D eigenvalue weighted by Crippen LogP contribution is 2.17. The second-order valence-electron chi connectivity index (χ2n) is 11.0. The Bertz CT molecular complexity index is 1950. The number of nitrogens with one attached hydrogen (secondary N) is 3. The highest BCUT2D eigenvalue weighted by Gasteiger charge is 2.32. The Morgan fingerprint density at radius 2 is 1.02 bits per heavy atom. The fraction of sp³-hybridized carbons (Fsp3) is 0.258. The summed E-state index contributed by atoms with van der Waals surface area (Å²) in [6.07, 6.45) is 4.16. The zero-order valence-corrected chi connectivity index (χ0v) is 27.8. The van der Waals surface area contributed by atoms with Crippen LogP contribution in [0.1, 0.15) is 22.8 Å². The van der Waals surface area contributed by atoms with Crippen molar-refractivity contribution in [2.45, 2.75) is 38.8 Å². The van der Waals surface area contributed by atoms with E-state index in [0.29, 0.717) is 23.8 Å². The Kier molecular flexibility index (Phi) is 11.8. The molecule has 0 saturated carbocycles. The molecule has 0 aliphatic carbocycles. The van der Waals surface area contributed by atoms with Gasteiger partial charge in [-0.3, -0.25) is 9.59 Å². The predicted octanol–water partition coefficient (Wildman–Crippen LogP) is 2.42. The van der Waals surface area contributed by atoms with Gasteiger partial charge in [0.15, 0.2) is 0 Å². The molecule has 0 radical (unpaired) electrons. The van der Waals surface area contributed by atoms with Crippen LogP contribution in [0.15, 0.2) is 61.2 Å². The van der Waals surface area contributed by atoms with Crippen molar-refractivity contribution in [3.05, 3.63) is 107 Å². The van der Waals surface area contributed by atoms with Gasteiger partial charge in [0.1, 0.15) is 47.0 Å². The van der Waals surface area contributed by atoms with E-state index in [-0.39, 0.29) is 22.5 Å². The summed E-state index contributed by atoms with van der Waals surface area (Å²) in [5, 5.41) is 2.19. The van der Waals surface area contributed by atoms with Crippen molar-refractivity contribution in [1.82, 2.24) is 34.7 Å². The van der Waals surface area contributed by atoms with Crippen molar-refractivity contribution in [2.24, 2.45) is 0 Å². The van der Waals surface area contributed by atoms with Crippen LogP contribution < -0.4 is 24.6 Å². The zero-order chi connectivity index (χ0) is 36.7. The van der Waals surface area contributed by atoms with Crippen molar-refractivity contribution in [2.75, 3.05) is 23.9 Å². The highest BCUT2D eigenvalue weighted by molar-refractivity contribution is 7.88. The standard InChI is InChI=1S/C31H31F4N9O5S/c1-17-36-13-25(14-37-17)43(3)29(45)27(9-19-5-21(32)11-22(33)6-19)40-31(47)42-50(48,49)41-28(10-20-7-23(34)12-24(35)8-20)30(46)44(4)26-15-38-18(2)39-16-26/h5-8,11-16,27-28,41H,9-10H2,1-4H3,(H2,40,42,47)/t27-,28-/m0/s1. The van der Waals surface area contributed by atoms with E-state index in [2.05, 4.69) is 25.3 Å². The number of rotatable bonds is 12. The van der Waals surface area contributed by atoms with Crippen LogP contribution in [0.4, 0.5) is 33.7 Å². The first-order valence-electron chi connectivity index (χ1n) is 14.6. The maximum Gasteiger partial charge on any atom is 0.330 e. The van der Waals surface area contributed by atoms with Gasteiger partial charge in [0.2, 0.25) is 11.8 Å². The van der Waals surface area contributed by atoms with Gasteiger partial charge in [0, 0.05) is 32.6 Å². The largest absolute Gasteiger partial charge is 0.330 e. The molecule has 0 saturated heterocycles.